The maximum Gasteiger partial charge on any atom is 0.338 e. The number of benzene rings is 1. The number of carbonyl (C=O) groups is 2. The predicted molar refractivity (Wildman–Crippen MR) is 109 cm³/mol. The van der Waals surface area contributed by atoms with E-state index >= 15 is 0 Å². The fourth-order valence-corrected chi connectivity index (χ4v) is 4.01. The van der Waals surface area contributed by atoms with Crippen molar-refractivity contribution in [3.05, 3.63) is 46.2 Å². The van der Waals surface area contributed by atoms with Crippen molar-refractivity contribution in [2.24, 2.45) is 0 Å². The van der Waals surface area contributed by atoms with Gasteiger partial charge >= 0.3 is 12.0 Å². The summed E-state index contributed by atoms with van der Waals surface area (Å²) >= 11 is 0. The van der Waals surface area contributed by atoms with Gasteiger partial charge in [-0.15, -0.1) is 0 Å². The first-order chi connectivity index (χ1) is 13.5. The summed E-state index contributed by atoms with van der Waals surface area (Å²) in [6, 6.07) is 5.32. The standard InChI is InChI=1S/C22H31N3O3/c1-4-28-21(26)19-18(14-25-11-7-5-6-8-12-25)23-22(27)24-20(19)17-13-15(2)9-10-16(17)3/h9-10,13,20H,4-8,11-12,14H2,1-3H3,(H2,23,24,27)/t20-/m0/s1. The summed E-state index contributed by atoms with van der Waals surface area (Å²) < 4.78 is 5.38. The van der Waals surface area contributed by atoms with E-state index in [4.69, 9.17) is 4.74 Å². The molecule has 2 aliphatic rings. The highest BCUT2D eigenvalue weighted by atomic mass is 16.5. The SMILES string of the molecule is CCOC(=O)C1=C(CN2CCCCCC2)NC(=O)N[C@H]1c1cc(C)ccc1C. The highest BCUT2D eigenvalue weighted by Gasteiger charge is 2.35. The van der Waals surface area contributed by atoms with Crippen molar-refractivity contribution >= 4 is 12.0 Å². The number of amides is 2. The number of esters is 1. The summed E-state index contributed by atoms with van der Waals surface area (Å²) in [5.74, 6) is -0.370. The zero-order chi connectivity index (χ0) is 20.1. The number of aryl methyl sites for hydroxylation is 2. The molecule has 0 spiro atoms. The van der Waals surface area contributed by atoms with Gasteiger partial charge in [0.2, 0.25) is 0 Å². The van der Waals surface area contributed by atoms with Crippen LogP contribution < -0.4 is 10.6 Å². The molecular formula is C22H31N3O3. The minimum atomic E-state index is -0.505. The lowest BCUT2D eigenvalue weighted by Crippen LogP contribution is -2.48. The second-order valence-corrected chi connectivity index (χ2v) is 7.69. The molecule has 1 fully saturated rings. The normalized spacial score (nSPS) is 21.0. The highest BCUT2D eigenvalue weighted by Crippen LogP contribution is 2.31. The average molecular weight is 386 g/mol. The maximum absolute atomic E-state index is 12.9. The Morgan fingerprint density at radius 2 is 1.89 bits per heavy atom. The van der Waals surface area contributed by atoms with Crippen LogP contribution in [0.15, 0.2) is 29.5 Å². The minimum Gasteiger partial charge on any atom is -0.463 e. The number of urea groups is 1. The van der Waals surface area contributed by atoms with E-state index in [9.17, 15) is 9.59 Å². The fraction of sp³-hybridized carbons (Fsp3) is 0.545. The molecule has 1 aromatic rings. The lowest BCUT2D eigenvalue weighted by atomic mass is 9.91. The smallest absolute Gasteiger partial charge is 0.338 e. The molecule has 6 nitrogen and oxygen atoms in total. The molecule has 0 bridgehead atoms. The van der Waals surface area contributed by atoms with E-state index in [1.54, 1.807) is 6.92 Å². The van der Waals surface area contributed by atoms with Crippen molar-refractivity contribution in [2.75, 3.05) is 26.2 Å². The quantitative estimate of drug-likeness (QED) is 0.763. The van der Waals surface area contributed by atoms with Crippen LogP contribution in [0.25, 0.3) is 0 Å². The van der Waals surface area contributed by atoms with Crippen LogP contribution in [-0.4, -0.2) is 43.1 Å². The van der Waals surface area contributed by atoms with E-state index in [1.165, 1.54) is 12.8 Å². The van der Waals surface area contributed by atoms with E-state index in [-0.39, 0.29) is 12.0 Å². The monoisotopic (exact) mass is 385 g/mol. The molecule has 2 aliphatic heterocycles. The van der Waals surface area contributed by atoms with Gasteiger partial charge in [0.25, 0.3) is 0 Å². The van der Waals surface area contributed by atoms with Gasteiger partial charge in [-0.3, -0.25) is 4.90 Å². The second-order valence-electron chi connectivity index (χ2n) is 7.69. The lowest BCUT2D eigenvalue weighted by molar-refractivity contribution is -0.139. The van der Waals surface area contributed by atoms with Crippen molar-refractivity contribution < 1.29 is 14.3 Å². The molecule has 2 heterocycles. The summed E-state index contributed by atoms with van der Waals surface area (Å²) in [5.41, 5.74) is 4.24. The molecule has 0 aliphatic carbocycles. The molecule has 0 saturated carbocycles. The Labute approximate surface area is 167 Å². The van der Waals surface area contributed by atoms with Gasteiger partial charge in [-0.25, -0.2) is 9.59 Å². The third kappa shape index (κ3) is 4.73. The molecule has 28 heavy (non-hydrogen) atoms. The van der Waals surface area contributed by atoms with Crippen molar-refractivity contribution in [3.63, 3.8) is 0 Å². The van der Waals surface area contributed by atoms with E-state index in [0.29, 0.717) is 24.4 Å². The topological polar surface area (TPSA) is 70.7 Å². The summed E-state index contributed by atoms with van der Waals surface area (Å²) in [5, 5.41) is 5.84. The number of hydrogen-bond acceptors (Lipinski definition) is 4. The molecule has 1 saturated heterocycles. The van der Waals surface area contributed by atoms with Crippen LogP contribution in [0.4, 0.5) is 4.79 Å². The third-order valence-corrected chi connectivity index (χ3v) is 5.48. The maximum atomic E-state index is 12.9. The van der Waals surface area contributed by atoms with Crippen LogP contribution >= 0.6 is 0 Å². The van der Waals surface area contributed by atoms with Crippen LogP contribution in [0.3, 0.4) is 0 Å². The number of rotatable bonds is 5. The van der Waals surface area contributed by atoms with Gasteiger partial charge in [-0.2, -0.15) is 0 Å². The second kappa shape index (κ2) is 9.24. The van der Waals surface area contributed by atoms with Crippen LogP contribution in [0.1, 0.15) is 55.3 Å². The summed E-state index contributed by atoms with van der Waals surface area (Å²) in [4.78, 5) is 27.7. The summed E-state index contributed by atoms with van der Waals surface area (Å²) in [6.45, 7) is 8.64. The molecule has 1 aromatic carbocycles. The molecule has 3 rings (SSSR count). The lowest BCUT2D eigenvalue weighted by Gasteiger charge is -2.32. The summed E-state index contributed by atoms with van der Waals surface area (Å²) in [7, 11) is 0. The molecule has 2 N–H and O–H groups in total. The first-order valence-corrected chi connectivity index (χ1v) is 10.3. The van der Waals surface area contributed by atoms with Crippen LogP contribution in [-0.2, 0) is 9.53 Å². The van der Waals surface area contributed by atoms with E-state index in [0.717, 1.165) is 42.6 Å². The van der Waals surface area contributed by atoms with E-state index in [1.807, 2.05) is 32.0 Å². The third-order valence-electron chi connectivity index (χ3n) is 5.48. The van der Waals surface area contributed by atoms with Gasteiger partial charge in [0.05, 0.1) is 18.2 Å². The average Bonchev–Trinajstić information content (AvgIpc) is 2.92. The number of nitrogens with one attached hydrogen (secondary N) is 2. The Balaban J connectivity index is 2.02. The Hall–Kier alpha value is -2.34. The van der Waals surface area contributed by atoms with Crippen molar-refractivity contribution in [1.29, 1.82) is 0 Å². The number of hydrogen-bond donors (Lipinski definition) is 2. The Morgan fingerprint density at radius 1 is 1.18 bits per heavy atom. The van der Waals surface area contributed by atoms with Gasteiger partial charge in [0.15, 0.2) is 0 Å². The predicted octanol–water partition coefficient (Wildman–Crippen LogP) is 3.35. The molecule has 6 heteroatoms. The van der Waals surface area contributed by atoms with Crippen LogP contribution in [0.5, 0.6) is 0 Å². The van der Waals surface area contributed by atoms with Crippen LogP contribution in [0, 0.1) is 13.8 Å². The highest BCUT2D eigenvalue weighted by molar-refractivity contribution is 5.95. The minimum absolute atomic E-state index is 0.274. The van der Waals surface area contributed by atoms with Gasteiger partial charge in [0, 0.05) is 12.2 Å². The first kappa shape index (κ1) is 20.4. The Bertz CT molecular complexity index is 764. The number of carbonyl (C=O) groups excluding carboxylic acids is 2. The molecule has 152 valence electrons. The fourth-order valence-electron chi connectivity index (χ4n) is 4.01. The van der Waals surface area contributed by atoms with Gasteiger partial charge in [-0.05, 0) is 57.8 Å². The van der Waals surface area contributed by atoms with E-state index in [2.05, 4.69) is 15.5 Å². The molecule has 0 aromatic heterocycles. The zero-order valence-electron chi connectivity index (χ0n) is 17.1. The molecule has 0 radical (unpaired) electrons. The zero-order valence-corrected chi connectivity index (χ0v) is 17.1. The number of nitrogens with zero attached hydrogens (tertiary/aromatic N) is 1. The van der Waals surface area contributed by atoms with Crippen LogP contribution in [0.2, 0.25) is 0 Å². The number of likely N-dealkylation sites (tertiary alicyclic amines) is 1. The van der Waals surface area contributed by atoms with E-state index < -0.39 is 6.04 Å². The first-order valence-electron chi connectivity index (χ1n) is 10.3. The molecular weight excluding hydrogens is 354 g/mol. The van der Waals surface area contributed by atoms with Crippen molar-refractivity contribution in [1.82, 2.24) is 15.5 Å². The largest absolute Gasteiger partial charge is 0.463 e. The van der Waals surface area contributed by atoms with Gasteiger partial charge < -0.3 is 15.4 Å². The Kier molecular flexibility index (Phi) is 6.73. The Morgan fingerprint density at radius 3 is 2.57 bits per heavy atom. The molecule has 2 amide bonds. The van der Waals surface area contributed by atoms with Gasteiger partial charge in [0.1, 0.15) is 0 Å². The molecule has 1 atom stereocenters. The summed E-state index contributed by atoms with van der Waals surface area (Å²) in [6.07, 6.45) is 4.77. The number of ether oxygens (including phenoxy) is 1. The van der Waals surface area contributed by atoms with Gasteiger partial charge in [-0.1, -0.05) is 36.6 Å². The van der Waals surface area contributed by atoms with Crippen molar-refractivity contribution in [2.45, 2.75) is 52.5 Å². The molecule has 0 unspecified atom stereocenters. The van der Waals surface area contributed by atoms with Crippen molar-refractivity contribution in [3.8, 4) is 0 Å².